The molecule has 0 bridgehead atoms. The monoisotopic (exact) mass is 1020 g/mol. The minimum absolute atomic E-state index is 0.0198. The highest BCUT2D eigenvalue weighted by molar-refractivity contribution is 8.05. The topological polar surface area (TPSA) is 258 Å². The van der Waals surface area contributed by atoms with Gasteiger partial charge in [0.2, 0.25) is 5.91 Å². The maximum atomic E-state index is 13.8. The van der Waals surface area contributed by atoms with E-state index in [1.165, 1.54) is 24.3 Å². The Morgan fingerprint density at radius 3 is 2.00 bits per heavy atom. The van der Waals surface area contributed by atoms with Crippen LogP contribution in [0.25, 0.3) is 0 Å². The lowest BCUT2D eigenvalue weighted by molar-refractivity contribution is -0.384. The van der Waals surface area contributed by atoms with Crippen LogP contribution in [0, 0.1) is 10.1 Å². The second-order valence-electron chi connectivity index (χ2n) is 17.5. The molecular formula is C46H53N7O12S3Si. The molecule has 2 heterocycles. The number of benzene rings is 4. The van der Waals surface area contributed by atoms with E-state index in [2.05, 4.69) is 40.1 Å². The van der Waals surface area contributed by atoms with Crippen molar-refractivity contribution in [3.63, 3.8) is 0 Å². The number of aliphatic imine (C=N–C) groups is 1. The van der Waals surface area contributed by atoms with E-state index in [1.807, 2.05) is 91.0 Å². The molecule has 23 heteroatoms. The number of alkyl carbamates (subject to hydrolysis) is 1. The summed E-state index contributed by atoms with van der Waals surface area (Å²) in [4.78, 5) is 73.7. The minimum atomic E-state index is -5.03. The third kappa shape index (κ3) is 13.5. The van der Waals surface area contributed by atoms with Gasteiger partial charge in [0.1, 0.15) is 23.6 Å². The van der Waals surface area contributed by atoms with Crippen molar-refractivity contribution >= 4 is 75.6 Å². The Kier molecular flexibility index (Phi) is 17.0. The Balaban J connectivity index is 1.21. The van der Waals surface area contributed by atoms with E-state index in [9.17, 15) is 42.3 Å². The smallest absolute Gasteiger partial charge is 0.407 e. The molecule has 2 aliphatic heterocycles. The van der Waals surface area contributed by atoms with Gasteiger partial charge in [0.05, 0.1) is 23.6 Å². The molecule has 0 spiro atoms. The number of rotatable bonds is 21. The summed E-state index contributed by atoms with van der Waals surface area (Å²) in [7, 11) is -7.93. The molecule has 3 atom stereocenters. The number of nitrogens with zero attached hydrogens (tertiary/aromatic N) is 4. The van der Waals surface area contributed by atoms with E-state index >= 15 is 0 Å². The lowest BCUT2D eigenvalue weighted by Gasteiger charge is -2.43. The van der Waals surface area contributed by atoms with Gasteiger partial charge in [-0.1, -0.05) is 115 Å². The lowest BCUT2D eigenvalue weighted by atomic mass is 9.77. The third-order valence-electron chi connectivity index (χ3n) is 10.6. The van der Waals surface area contributed by atoms with Crippen molar-refractivity contribution in [2.75, 3.05) is 18.9 Å². The third-order valence-corrected chi connectivity index (χ3v) is 15.9. The molecule has 1 saturated heterocycles. The number of hydrogen-bond donors (Lipinski definition) is 4. The van der Waals surface area contributed by atoms with Crippen molar-refractivity contribution in [2.45, 2.75) is 75.1 Å². The molecule has 69 heavy (non-hydrogen) atoms. The maximum Gasteiger partial charge on any atom is 0.407 e. The van der Waals surface area contributed by atoms with Crippen molar-refractivity contribution in [3.05, 3.63) is 159 Å². The van der Waals surface area contributed by atoms with Crippen LogP contribution in [-0.2, 0) is 61.8 Å². The molecule has 4 aromatic rings. The van der Waals surface area contributed by atoms with Gasteiger partial charge in [-0.3, -0.25) is 24.3 Å². The molecule has 4 aromatic carbocycles. The van der Waals surface area contributed by atoms with Gasteiger partial charge in [-0.05, 0) is 54.3 Å². The number of ether oxygens (including phenoxy) is 2. The highest BCUT2D eigenvalue weighted by Crippen LogP contribution is 2.38. The van der Waals surface area contributed by atoms with E-state index < -0.39 is 86.8 Å². The largest absolute Gasteiger partial charge is 0.464 e. The first-order valence-electron chi connectivity index (χ1n) is 21.6. The van der Waals surface area contributed by atoms with E-state index in [0.29, 0.717) is 5.56 Å². The second kappa shape index (κ2) is 22.5. The Morgan fingerprint density at radius 1 is 0.913 bits per heavy atom. The first-order chi connectivity index (χ1) is 32.7. The summed E-state index contributed by atoms with van der Waals surface area (Å²) in [5, 5.41) is 20.2. The highest BCUT2D eigenvalue weighted by Gasteiger charge is 2.54. The van der Waals surface area contributed by atoms with Gasteiger partial charge >= 0.3 is 22.4 Å². The number of non-ortho nitro benzene ring substituents is 1. The van der Waals surface area contributed by atoms with Crippen LogP contribution in [0.15, 0.2) is 136 Å². The molecule has 0 aliphatic carbocycles. The Bertz CT molecular complexity index is 2630. The molecule has 0 radical (unpaired) electrons. The number of nitro benzene ring substituents is 1. The van der Waals surface area contributed by atoms with Gasteiger partial charge < -0.3 is 25.4 Å². The van der Waals surface area contributed by atoms with Crippen LogP contribution >= 0.6 is 11.8 Å². The van der Waals surface area contributed by atoms with Crippen LogP contribution in [-0.4, -0.2) is 95.2 Å². The van der Waals surface area contributed by atoms with E-state index in [1.54, 1.807) is 19.3 Å². The highest BCUT2D eigenvalue weighted by atomic mass is 32.2. The van der Waals surface area contributed by atoms with Crippen LogP contribution in [0.4, 0.5) is 10.5 Å². The summed E-state index contributed by atoms with van der Waals surface area (Å²) < 4.78 is 49.9. The lowest BCUT2D eigenvalue weighted by Crippen LogP contribution is -2.70. The molecule has 0 aromatic heterocycles. The molecule has 1 unspecified atom stereocenters. The molecule has 4 N–H and O–H groups in total. The number of esters is 1. The fourth-order valence-electron chi connectivity index (χ4n) is 6.96. The SMILES string of the molecule is CC(C)(ON=S1C=C(CC(=O)N[C@@H]2C(=O)N(S(=O)(=O)O)[C@@H]2SCCNC(=O)OCc2ccc([N+](=O)[O-])cc2)N=C1NC(c1ccccc1)(c1ccccc1)c1ccccc1)C(=O)OCC[Si](C)(C)C. The van der Waals surface area contributed by atoms with Crippen LogP contribution in [0.1, 0.15) is 42.5 Å². The Morgan fingerprint density at radius 2 is 1.48 bits per heavy atom. The number of amidine groups is 1. The summed E-state index contributed by atoms with van der Waals surface area (Å²) in [6, 6.07) is 33.8. The summed E-state index contributed by atoms with van der Waals surface area (Å²) >= 11 is 0.872. The average Bonchev–Trinajstić information content (AvgIpc) is 3.69. The number of carbonyl (C=O) groups excluding carboxylic acids is 4. The summed E-state index contributed by atoms with van der Waals surface area (Å²) in [5.41, 5.74) is 0.527. The number of β-lactam (4-membered cyclic amide) rings is 1. The van der Waals surface area contributed by atoms with Crippen LogP contribution in [0.2, 0.25) is 25.7 Å². The first-order valence-corrected chi connectivity index (χ1v) is 29.0. The number of hydrogen-bond acceptors (Lipinski definition) is 15. The van der Waals surface area contributed by atoms with Crippen molar-refractivity contribution in [2.24, 2.45) is 9.52 Å². The Hall–Kier alpha value is -6.24. The van der Waals surface area contributed by atoms with E-state index in [4.69, 9.17) is 19.3 Å². The molecular weight excluding hydrogens is 967 g/mol. The number of nitro groups is 1. The normalized spacial score (nSPS) is 17.3. The van der Waals surface area contributed by atoms with Crippen LogP contribution in [0.5, 0.6) is 0 Å². The van der Waals surface area contributed by atoms with Gasteiger partial charge in [0, 0.05) is 48.6 Å². The van der Waals surface area contributed by atoms with Gasteiger partial charge in [0.25, 0.3) is 11.6 Å². The van der Waals surface area contributed by atoms with Gasteiger partial charge in [-0.25, -0.2) is 19.4 Å². The molecule has 0 saturated carbocycles. The average molecular weight is 1020 g/mol. The number of nitrogens with one attached hydrogen (secondary N) is 3. The van der Waals surface area contributed by atoms with Crippen LogP contribution < -0.4 is 16.0 Å². The molecule has 366 valence electrons. The number of carbonyl (C=O) groups is 4. The summed E-state index contributed by atoms with van der Waals surface area (Å²) in [5.74, 6) is -2.38. The first kappa shape index (κ1) is 52.1. The predicted octanol–water partition coefficient (Wildman–Crippen LogP) is 6.59. The second-order valence-corrected chi connectivity index (χ2v) is 27.0. The summed E-state index contributed by atoms with van der Waals surface area (Å²) in [6.45, 7) is 9.59. The number of thioether (sulfide) groups is 1. The fourth-order valence-corrected chi connectivity index (χ4v) is 11.3. The molecule has 3 amide bonds. The number of amides is 3. The Labute approximate surface area is 407 Å². The van der Waals surface area contributed by atoms with Crippen molar-refractivity contribution in [3.8, 4) is 0 Å². The van der Waals surface area contributed by atoms with Gasteiger partial charge in [0.15, 0.2) is 10.8 Å². The van der Waals surface area contributed by atoms with Crippen molar-refractivity contribution < 1.29 is 51.4 Å². The zero-order valence-electron chi connectivity index (χ0n) is 38.4. The molecule has 2 aliphatic rings. The van der Waals surface area contributed by atoms with Crippen molar-refractivity contribution in [1.29, 1.82) is 0 Å². The maximum absolute atomic E-state index is 13.8. The van der Waals surface area contributed by atoms with E-state index in [-0.39, 0.29) is 46.4 Å². The van der Waals surface area contributed by atoms with Crippen LogP contribution in [0.3, 0.4) is 0 Å². The molecule has 19 nitrogen and oxygen atoms in total. The quantitative estimate of drug-likeness (QED) is 0.0100. The standard InChI is InChI=1S/C46H53N7O12S3Si/c1-45(2,42(56)63-26-28-69(3,4)5)65-51-67-31-36(48-43(67)50-46(33-15-9-6-10-16-33,34-17-11-7-12-18-34)35-19-13-8-14-20-35)29-38(54)49-39-40(55)52(68(60,61)62)41(39)66-27-25-47-44(57)64-30-32-21-23-37(24-22-32)53(58)59/h6-24,31,39,41H,25-30H2,1-5H3,(H,47,57)(H,48,50)(H,49,54)(H,60,61,62)/t39-,41-,67?/m1/s1. The molecule has 6 rings (SSSR count). The molecule has 1 fully saturated rings. The zero-order valence-corrected chi connectivity index (χ0v) is 41.8. The minimum Gasteiger partial charge on any atom is -0.464 e. The zero-order chi connectivity index (χ0) is 50.0. The predicted molar refractivity (Wildman–Crippen MR) is 264 cm³/mol. The van der Waals surface area contributed by atoms with Gasteiger partial charge in [-0.15, -0.1) is 11.8 Å². The fraction of sp³-hybridized carbons (Fsp3) is 0.326. The van der Waals surface area contributed by atoms with Gasteiger partial charge in [-0.2, -0.15) is 12.7 Å². The van der Waals surface area contributed by atoms with Crippen molar-refractivity contribution in [1.82, 2.24) is 20.3 Å². The summed E-state index contributed by atoms with van der Waals surface area (Å²) in [6.07, 6.45) is -1.24. The van der Waals surface area contributed by atoms with E-state index in [0.717, 1.165) is 34.5 Å².